The van der Waals surface area contributed by atoms with Crippen LogP contribution < -0.4 is 4.90 Å². The fourth-order valence-electron chi connectivity index (χ4n) is 4.47. The number of hydrogen-bond acceptors (Lipinski definition) is 5. The van der Waals surface area contributed by atoms with Crippen molar-refractivity contribution in [2.45, 2.75) is 12.1 Å². The van der Waals surface area contributed by atoms with Crippen molar-refractivity contribution in [3.05, 3.63) is 88.7 Å². The van der Waals surface area contributed by atoms with E-state index >= 15 is 0 Å². The highest BCUT2D eigenvalue weighted by molar-refractivity contribution is 7.10. The van der Waals surface area contributed by atoms with Crippen LogP contribution in [0.1, 0.15) is 21.3 Å². The lowest BCUT2D eigenvalue weighted by molar-refractivity contribution is 0.0376. The Morgan fingerprint density at radius 2 is 1.68 bits per heavy atom. The second-order valence-corrected chi connectivity index (χ2v) is 8.86. The number of anilines is 1. The highest BCUT2D eigenvalue weighted by Crippen LogP contribution is 2.32. The number of carbonyl (C=O) groups is 1. The van der Waals surface area contributed by atoms with Gasteiger partial charge in [0.1, 0.15) is 6.10 Å². The number of aliphatic hydroxyl groups excluding tert-OH is 1. The minimum atomic E-state index is -1.12. The molecule has 3 heterocycles. The lowest BCUT2D eigenvalue weighted by Gasteiger charge is -2.41. The molecule has 0 saturated carbocycles. The predicted octanol–water partition coefficient (Wildman–Crippen LogP) is 4.34. The van der Waals surface area contributed by atoms with Crippen LogP contribution in [0.2, 0.25) is 0 Å². The quantitative estimate of drug-likeness (QED) is 0.446. The van der Waals surface area contributed by atoms with Crippen LogP contribution in [0.15, 0.2) is 78.3 Å². The maximum Gasteiger partial charge on any atom is 0.195 e. The van der Waals surface area contributed by atoms with Gasteiger partial charge in [0.15, 0.2) is 5.78 Å². The first-order chi connectivity index (χ1) is 15.2. The van der Waals surface area contributed by atoms with Crippen LogP contribution in [0.25, 0.3) is 10.9 Å². The highest BCUT2D eigenvalue weighted by atomic mass is 32.1. The number of H-pyrrole nitrogens is 1. The number of thiophene rings is 1. The molecule has 1 aliphatic rings. The number of rotatable bonds is 6. The van der Waals surface area contributed by atoms with Gasteiger partial charge in [-0.3, -0.25) is 9.69 Å². The topological polar surface area (TPSA) is 59.6 Å². The number of para-hydroxylation sites is 2. The zero-order chi connectivity index (χ0) is 21.2. The zero-order valence-corrected chi connectivity index (χ0v) is 18.0. The normalized spacial score (nSPS) is 17.0. The van der Waals surface area contributed by atoms with E-state index in [0.29, 0.717) is 5.56 Å². The number of nitrogens with one attached hydrogen (secondary N) is 1. The van der Waals surface area contributed by atoms with Gasteiger partial charge in [0.25, 0.3) is 0 Å². The lowest BCUT2D eigenvalue weighted by Crippen LogP contribution is -2.51. The van der Waals surface area contributed by atoms with Gasteiger partial charge in [0.05, 0.1) is 6.04 Å². The molecular formula is C25H25N3O2S. The smallest absolute Gasteiger partial charge is 0.195 e. The van der Waals surface area contributed by atoms with Gasteiger partial charge in [-0.05, 0) is 29.6 Å². The maximum atomic E-state index is 13.4. The summed E-state index contributed by atoms with van der Waals surface area (Å²) in [6.45, 7) is 3.30. The average Bonchev–Trinajstić information content (AvgIpc) is 3.50. The molecule has 0 radical (unpaired) electrons. The summed E-state index contributed by atoms with van der Waals surface area (Å²) < 4.78 is 0. The largest absolute Gasteiger partial charge is 0.383 e. The van der Waals surface area contributed by atoms with Crippen molar-refractivity contribution in [1.29, 1.82) is 0 Å². The summed E-state index contributed by atoms with van der Waals surface area (Å²) in [4.78, 5) is 22.2. The summed E-state index contributed by atoms with van der Waals surface area (Å²) >= 11 is 1.59. The van der Waals surface area contributed by atoms with Crippen LogP contribution >= 0.6 is 11.3 Å². The SMILES string of the molecule is O=C(c1c[nH]c2ccccc12)[C@H](O)[C@H](c1cccs1)N1CCN(c2ccccc2)CC1. The molecule has 6 heteroatoms. The molecule has 31 heavy (non-hydrogen) atoms. The average molecular weight is 432 g/mol. The molecule has 0 amide bonds. The molecule has 158 valence electrons. The second-order valence-electron chi connectivity index (χ2n) is 7.88. The molecule has 2 aromatic heterocycles. The van der Waals surface area contributed by atoms with Gasteiger partial charge < -0.3 is 15.0 Å². The Labute approximate surface area is 185 Å². The Morgan fingerprint density at radius 1 is 0.935 bits per heavy atom. The molecule has 1 fully saturated rings. The van der Waals surface area contributed by atoms with Gasteiger partial charge >= 0.3 is 0 Å². The molecule has 1 aliphatic heterocycles. The van der Waals surface area contributed by atoms with E-state index in [0.717, 1.165) is 42.0 Å². The molecule has 2 atom stereocenters. The number of Topliss-reactive ketones (excluding diaryl/α,β-unsaturated/α-hetero) is 1. The predicted molar refractivity (Wildman–Crippen MR) is 126 cm³/mol. The number of aromatic amines is 1. The standard InChI is InChI=1S/C25H25N3O2S/c29-24(20-17-26-21-10-5-4-9-19(20)21)25(30)23(22-11-6-16-31-22)28-14-12-27(13-15-28)18-7-2-1-3-8-18/h1-11,16-17,23,25-26,30H,12-15H2/t23-,25+/m0/s1. The van der Waals surface area contributed by atoms with E-state index in [4.69, 9.17) is 0 Å². The Hall–Kier alpha value is -2.93. The van der Waals surface area contributed by atoms with Gasteiger partial charge in [0.2, 0.25) is 0 Å². The van der Waals surface area contributed by atoms with Crippen molar-refractivity contribution in [3.8, 4) is 0 Å². The Balaban J connectivity index is 1.39. The van der Waals surface area contributed by atoms with Gasteiger partial charge in [-0.25, -0.2) is 0 Å². The van der Waals surface area contributed by atoms with Crippen molar-refractivity contribution < 1.29 is 9.90 Å². The summed E-state index contributed by atoms with van der Waals surface area (Å²) in [5.41, 5.74) is 2.67. The number of nitrogens with zero attached hydrogens (tertiary/aromatic N) is 2. The van der Waals surface area contributed by atoms with Gasteiger partial charge in [-0.15, -0.1) is 11.3 Å². The van der Waals surface area contributed by atoms with E-state index in [9.17, 15) is 9.90 Å². The summed E-state index contributed by atoms with van der Waals surface area (Å²) in [7, 11) is 0. The Kier molecular flexibility index (Phi) is 5.59. The van der Waals surface area contributed by atoms with Crippen LogP contribution in [0.4, 0.5) is 5.69 Å². The number of benzene rings is 2. The molecular weight excluding hydrogens is 406 g/mol. The van der Waals surface area contributed by atoms with E-state index in [1.807, 2.05) is 47.8 Å². The third-order valence-electron chi connectivity index (χ3n) is 6.09. The van der Waals surface area contributed by atoms with Gasteiger partial charge in [0, 0.05) is 59.4 Å². The van der Waals surface area contributed by atoms with E-state index in [1.165, 1.54) is 5.69 Å². The molecule has 4 aromatic rings. The summed E-state index contributed by atoms with van der Waals surface area (Å²) in [6, 6.07) is 21.8. The van der Waals surface area contributed by atoms with Crippen molar-refractivity contribution >= 4 is 33.7 Å². The van der Waals surface area contributed by atoms with Crippen molar-refractivity contribution in [3.63, 3.8) is 0 Å². The second kappa shape index (κ2) is 8.67. The number of aromatic nitrogens is 1. The minimum absolute atomic E-state index is 0.235. The molecule has 5 rings (SSSR count). The van der Waals surface area contributed by atoms with Crippen molar-refractivity contribution in [2.24, 2.45) is 0 Å². The number of fused-ring (bicyclic) bond motifs is 1. The first-order valence-corrected chi connectivity index (χ1v) is 11.5. The third-order valence-corrected chi connectivity index (χ3v) is 7.03. The molecule has 0 aliphatic carbocycles. The van der Waals surface area contributed by atoms with Crippen molar-refractivity contribution in [2.75, 3.05) is 31.1 Å². The van der Waals surface area contributed by atoms with Crippen LogP contribution in [-0.4, -0.2) is 53.1 Å². The summed E-state index contributed by atoms with van der Waals surface area (Å²) in [5.74, 6) is -0.235. The van der Waals surface area contributed by atoms with E-state index < -0.39 is 6.10 Å². The Morgan fingerprint density at radius 3 is 2.42 bits per heavy atom. The molecule has 0 unspecified atom stereocenters. The van der Waals surface area contributed by atoms with Crippen LogP contribution in [0.5, 0.6) is 0 Å². The highest BCUT2D eigenvalue weighted by Gasteiger charge is 2.36. The Bertz CT molecular complexity index is 1150. The van der Waals surface area contributed by atoms with Gasteiger partial charge in [-0.1, -0.05) is 42.5 Å². The number of aliphatic hydroxyl groups is 1. The monoisotopic (exact) mass is 431 g/mol. The van der Waals surface area contributed by atoms with Crippen LogP contribution in [-0.2, 0) is 0 Å². The fourth-order valence-corrected chi connectivity index (χ4v) is 5.36. The molecule has 2 aromatic carbocycles. The molecule has 0 spiro atoms. The minimum Gasteiger partial charge on any atom is -0.383 e. The van der Waals surface area contributed by atoms with E-state index in [1.54, 1.807) is 17.5 Å². The van der Waals surface area contributed by atoms with Crippen molar-refractivity contribution in [1.82, 2.24) is 9.88 Å². The lowest BCUT2D eigenvalue weighted by atomic mass is 9.97. The molecule has 5 nitrogen and oxygen atoms in total. The first kappa shape index (κ1) is 20.0. The van der Waals surface area contributed by atoms with Crippen LogP contribution in [0, 0.1) is 0 Å². The summed E-state index contributed by atoms with van der Waals surface area (Å²) in [6.07, 6.45) is 0.593. The number of hydrogen-bond donors (Lipinski definition) is 2. The van der Waals surface area contributed by atoms with E-state index in [2.05, 4.69) is 39.0 Å². The first-order valence-electron chi connectivity index (χ1n) is 10.6. The molecule has 1 saturated heterocycles. The van der Waals surface area contributed by atoms with Crippen LogP contribution in [0.3, 0.4) is 0 Å². The zero-order valence-electron chi connectivity index (χ0n) is 17.1. The number of piperazine rings is 1. The number of carbonyl (C=O) groups excluding carboxylic acids is 1. The fraction of sp³-hybridized carbons (Fsp3) is 0.240. The third kappa shape index (κ3) is 3.90. The molecule has 2 N–H and O–H groups in total. The van der Waals surface area contributed by atoms with Gasteiger partial charge in [-0.2, -0.15) is 0 Å². The summed E-state index contributed by atoms with van der Waals surface area (Å²) in [5, 5.41) is 14.2. The van der Waals surface area contributed by atoms with E-state index in [-0.39, 0.29) is 11.8 Å². The maximum absolute atomic E-state index is 13.4. The molecule has 0 bridgehead atoms. The number of ketones is 1.